The summed E-state index contributed by atoms with van der Waals surface area (Å²) in [5, 5.41) is 0. The quantitative estimate of drug-likeness (QED) is 0.776. The molecule has 108 valence electrons. The van der Waals surface area contributed by atoms with Crippen LogP contribution >= 0.6 is 0 Å². The molecule has 0 heterocycles. The van der Waals surface area contributed by atoms with E-state index in [9.17, 15) is 13.2 Å². The predicted octanol–water partition coefficient (Wildman–Crippen LogP) is 3.08. The number of hydrogen-bond donors (Lipinski definition) is 1. The molecule has 0 spiro atoms. The molecule has 0 bridgehead atoms. The zero-order chi connectivity index (χ0) is 14.3. The van der Waals surface area contributed by atoms with Crippen molar-refractivity contribution in [2.24, 2.45) is 11.7 Å². The minimum Gasteiger partial charge on any atom is -0.372 e. The summed E-state index contributed by atoms with van der Waals surface area (Å²) in [7, 11) is 0. The van der Waals surface area contributed by atoms with E-state index in [4.69, 9.17) is 5.73 Å². The highest BCUT2D eigenvalue weighted by Crippen LogP contribution is 2.16. The first-order valence-electron chi connectivity index (χ1n) is 6.31. The Kier molecular flexibility index (Phi) is 6.31. The lowest BCUT2D eigenvalue weighted by atomic mass is 9.96. The van der Waals surface area contributed by atoms with E-state index in [2.05, 4.69) is 4.74 Å². The van der Waals surface area contributed by atoms with Crippen LogP contribution in [0.4, 0.5) is 13.2 Å². The van der Waals surface area contributed by atoms with E-state index in [0.29, 0.717) is 13.0 Å². The van der Waals surface area contributed by atoms with Crippen molar-refractivity contribution in [2.75, 3.05) is 19.8 Å². The first kappa shape index (κ1) is 16.0. The molecule has 19 heavy (non-hydrogen) atoms. The summed E-state index contributed by atoms with van der Waals surface area (Å²) >= 11 is 0. The fraction of sp³-hybridized carbons (Fsp3) is 0.571. The van der Waals surface area contributed by atoms with E-state index in [-0.39, 0.29) is 12.5 Å². The summed E-state index contributed by atoms with van der Waals surface area (Å²) < 4.78 is 40.3. The van der Waals surface area contributed by atoms with Crippen LogP contribution in [0.25, 0.3) is 0 Å². The molecule has 0 radical (unpaired) electrons. The van der Waals surface area contributed by atoms with Gasteiger partial charge in [-0.1, -0.05) is 29.8 Å². The summed E-state index contributed by atoms with van der Waals surface area (Å²) in [4.78, 5) is 0. The smallest absolute Gasteiger partial charge is 0.372 e. The van der Waals surface area contributed by atoms with Gasteiger partial charge in [-0.25, -0.2) is 0 Å². The highest BCUT2D eigenvalue weighted by Gasteiger charge is 2.27. The van der Waals surface area contributed by atoms with Gasteiger partial charge in [0, 0.05) is 6.61 Å². The largest absolute Gasteiger partial charge is 0.411 e. The second-order valence-electron chi connectivity index (χ2n) is 4.75. The normalized spacial score (nSPS) is 13.5. The van der Waals surface area contributed by atoms with Gasteiger partial charge in [0.05, 0.1) is 0 Å². The number of benzene rings is 1. The van der Waals surface area contributed by atoms with Gasteiger partial charge in [0.15, 0.2) is 0 Å². The van der Waals surface area contributed by atoms with Crippen LogP contribution in [0.2, 0.25) is 0 Å². The third-order valence-corrected chi connectivity index (χ3v) is 2.91. The first-order valence-corrected chi connectivity index (χ1v) is 6.31. The van der Waals surface area contributed by atoms with Crippen LogP contribution in [-0.4, -0.2) is 25.9 Å². The van der Waals surface area contributed by atoms with Gasteiger partial charge in [-0.05, 0) is 37.8 Å². The van der Waals surface area contributed by atoms with Crippen LogP contribution in [0.5, 0.6) is 0 Å². The van der Waals surface area contributed by atoms with E-state index in [0.717, 1.165) is 12.0 Å². The molecule has 0 amide bonds. The van der Waals surface area contributed by atoms with Gasteiger partial charge in [0.25, 0.3) is 0 Å². The lowest BCUT2D eigenvalue weighted by Crippen LogP contribution is -2.22. The molecule has 0 aliphatic heterocycles. The SMILES string of the molecule is Cc1ccc(CC(CN)CCOCC(F)(F)F)cc1. The number of hydrogen-bond acceptors (Lipinski definition) is 2. The van der Waals surface area contributed by atoms with E-state index in [1.54, 1.807) is 0 Å². The minimum absolute atomic E-state index is 0.0905. The highest BCUT2D eigenvalue weighted by molar-refractivity contribution is 5.21. The number of halogens is 3. The Morgan fingerprint density at radius 2 is 1.84 bits per heavy atom. The maximum absolute atomic E-state index is 11.9. The number of nitrogens with two attached hydrogens (primary N) is 1. The Labute approximate surface area is 111 Å². The molecular formula is C14H20F3NO. The molecule has 1 atom stereocenters. The lowest BCUT2D eigenvalue weighted by Gasteiger charge is -2.15. The first-order chi connectivity index (χ1) is 8.90. The van der Waals surface area contributed by atoms with Crippen molar-refractivity contribution in [2.45, 2.75) is 25.9 Å². The monoisotopic (exact) mass is 275 g/mol. The molecule has 2 N–H and O–H groups in total. The molecule has 1 aromatic carbocycles. The minimum atomic E-state index is -4.25. The molecule has 0 aliphatic rings. The zero-order valence-electron chi connectivity index (χ0n) is 11.0. The Morgan fingerprint density at radius 1 is 1.21 bits per heavy atom. The van der Waals surface area contributed by atoms with Crippen LogP contribution in [0.1, 0.15) is 17.5 Å². The highest BCUT2D eigenvalue weighted by atomic mass is 19.4. The van der Waals surface area contributed by atoms with Crippen molar-refractivity contribution >= 4 is 0 Å². The molecule has 0 saturated carbocycles. The maximum Gasteiger partial charge on any atom is 0.411 e. The van der Waals surface area contributed by atoms with E-state index < -0.39 is 12.8 Å². The van der Waals surface area contributed by atoms with Crippen molar-refractivity contribution in [3.05, 3.63) is 35.4 Å². The van der Waals surface area contributed by atoms with Crippen LogP contribution in [-0.2, 0) is 11.2 Å². The molecular weight excluding hydrogens is 255 g/mol. The number of aryl methyl sites for hydroxylation is 1. The van der Waals surface area contributed by atoms with Gasteiger partial charge < -0.3 is 10.5 Å². The molecule has 1 rings (SSSR count). The van der Waals surface area contributed by atoms with Gasteiger partial charge in [-0.15, -0.1) is 0 Å². The maximum atomic E-state index is 11.9. The number of rotatable bonds is 7. The molecule has 1 aromatic rings. The van der Waals surface area contributed by atoms with Gasteiger partial charge >= 0.3 is 6.18 Å². The van der Waals surface area contributed by atoms with Crippen molar-refractivity contribution in [1.29, 1.82) is 0 Å². The van der Waals surface area contributed by atoms with Gasteiger partial charge in [-0.3, -0.25) is 0 Å². The molecule has 0 fully saturated rings. The molecule has 2 nitrogen and oxygen atoms in total. The van der Waals surface area contributed by atoms with Crippen molar-refractivity contribution in [3.63, 3.8) is 0 Å². The Morgan fingerprint density at radius 3 is 2.37 bits per heavy atom. The third-order valence-electron chi connectivity index (χ3n) is 2.91. The van der Waals surface area contributed by atoms with Crippen molar-refractivity contribution in [1.82, 2.24) is 0 Å². The molecule has 0 aromatic heterocycles. The topological polar surface area (TPSA) is 35.2 Å². The Bertz CT molecular complexity index is 362. The number of ether oxygens (including phenoxy) is 1. The average Bonchev–Trinajstić information content (AvgIpc) is 2.34. The summed E-state index contributed by atoms with van der Waals surface area (Å²) in [6.45, 7) is 1.36. The van der Waals surface area contributed by atoms with Gasteiger partial charge in [0.1, 0.15) is 6.61 Å². The summed E-state index contributed by atoms with van der Waals surface area (Å²) in [6.07, 6.45) is -2.94. The summed E-state index contributed by atoms with van der Waals surface area (Å²) in [5.41, 5.74) is 7.97. The second-order valence-corrected chi connectivity index (χ2v) is 4.75. The Hall–Kier alpha value is -1.07. The number of alkyl halides is 3. The Balaban J connectivity index is 2.31. The standard InChI is InChI=1S/C14H20F3NO/c1-11-2-4-12(5-3-11)8-13(9-18)6-7-19-10-14(15,16)17/h2-5,13H,6-10,18H2,1H3. The second kappa shape index (κ2) is 7.50. The van der Waals surface area contributed by atoms with E-state index >= 15 is 0 Å². The van der Waals surface area contributed by atoms with Gasteiger partial charge in [-0.2, -0.15) is 13.2 Å². The third kappa shape index (κ3) is 7.18. The predicted molar refractivity (Wildman–Crippen MR) is 68.9 cm³/mol. The van der Waals surface area contributed by atoms with Crippen LogP contribution < -0.4 is 5.73 Å². The van der Waals surface area contributed by atoms with E-state index in [1.807, 2.05) is 31.2 Å². The molecule has 1 unspecified atom stereocenters. The van der Waals surface area contributed by atoms with Crippen molar-refractivity contribution < 1.29 is 17.9 Å². The van der Waals surface area contributed by atoms with Gasteiger partial charge in [0.2, 0.25) is 0 Å². The summed E-state index contributed by atoms with van der Waals surface area (Å²) in [5.74, 6) is 0.149. The van der Waals surface area contributed by atoms with Crippen LogP contribution in [0.3, 0.4) is 0 Å². The zero-order valence-corrected chi connectivity index (χ0v) is 11.0. The van der Waals surface area contributed by atoms with Crippen LogP contribution in [0, 0.1) is 12.8 Å². The lowest BCUT2D eigenvalue weighted by molar-refractivity contribution is -0.174. The van der Waals surface area contributed by atoms with Crippen molar-refractivity contribution in [3.8, 4) is 0 Å². The molecule has 0 aliphatic carbocycles. The summed E-state index contributed by atoms with van der Waals surface area (Å²) in [6, 6.07) is 8.08. The van der Waals surface area contributed by atoms with Crippen LogP contribution in [0.15, 0.2) is 24.3 Å². The fourth-order valence-corrected chi connectivity index (χ4v) is 1.80. The van der Waals surface area contributed by atoms with E-state index in [1.165, 1.54) is 5.56 Å². The fourth-order valence-electron chi connectivity index (χ4n) is 1.80. The molecule has 0 saturated heterocycles. The average molecular weight is 275 g/mol. The molecule has 5 heteroatoms.